The standard InChI is InChI=1S/C13H19NO3/c1-8(15)14-10-4-5-11(14)7-9(6-10)13(2,3)12(16)17/h6,10-11H,4-5,7H2,1-3H3,(H,16,17). The maximum atomic E-state index is 11.5. The zero-order chi connectivity index (χ0) is 12.8. The molecule has 0 aromatic carbocycles. The predicted octanol–water partition coefficient (Wildman–Crippen LogP) is 1.81. The Morgan fingerprint density at radius 3 is 2.53 bits per heavy atom. The number of aliphatic carboxylic acids is 1. The second kappa shape index (κ2) is 3.86. The molecule has 17 heavy (non-hydrogen) atoms. The largest absolute Gasteiger partial charge is 0.481 e. The van der Waals surface area contributed by atoms with Crippen LogP contribution in [0.25, 0.3) is 0 Å². The lowest BCUT2D eigenvalue weighted by Gasteiger charge is -2.37. The summed E-state index contributed by atoms with van der Waals surface area (Å²) in [6.45, 7) is 5.07. The first-order chi connectivity index (χ1) is 7.84. The maximum absolute atomic E-state index is 11.5. The van der Waals surface area contributed by atoms with E-state index in [2.05, 4.69) is 0 Å². The van der Waals surface area contributed by atoms with E-state index in [1.807, 2.05) is 11.0 Å². The van der Waals surface area contributed by atoms with Crippen LogP contribution in [0.5, 0.6) is 0 Å². The normalized spacial score (nSPS) is 27.9. The highest BCUT2D eigenvalue weighted by atomic mass is 16.4. The van der Waals surface area contributed by atoms with Crippen molar-refractivity contribution in [2.75, 3.05) is 0 Å². The van der Waals surface area contributed by atoms with Gasteiger partial charge in [-0.1, -0.05) is 11.6 Å². The molecule has 2 atom stereocenters. The van der Waals surface area contributed by atoms with E-state index in [0.29, 0.717) is 6.42 Å². The van der Waals surface area contributed by atoms with Gasteiger partial charge in [-0.2, -0.15) is 0 Å². The van der Waals surface area contributed by atoms with E-state index in [-0.39, 0.29) is 18.0 Å². The number of rotatable bonds is 2. The predicted molar refractivity (Wildman–Crippen MR) is 63.4 cm³/mol. The van der Waals surface area contributed by atoms with Gasteiger partial charge < -0.3 is 10.0 Å². The molecule has 0 aromatic heterocycles. The summed E-state index contributed by atoms with van der Waals surface area (Å²) >= 11 is 0. The Labute approximate surface area is 101 Å². The monoisotopic (exact) mass is 237 g/mol. The van der Waals surface area contributed by atoms with Crippen LogP contribution in [0.2, 0.25) is 0 Å². The Hall–Kier alpha value is -1.32. The van der Waals surface area contributed by atoms with Gasteiger partial charge >= 0.3 is 5.97 Å². The van der Waals surface area contributed by atoms with Crippen molar-refractivity contribution >= 4 is 11.9 Å². The van der Waals surface area contributed by atoms with Crippen LogP contribution in [0.1, 0.15) is 40.0 Å². The number of carbonyl (C=O) groups is 2. The van der Waals surface area contributed by atoms with Gasteiger partial charge in [0.05, 0.1) is 11.5 Å². The summed E-state index contributed by atoms with van der Waals surface area (Å²) in [6, 6.07) is 0.316. The molecule has 2 unspecified atom stereocenters. The van der Waals surface area contributed by atoms with Crippen molar-refractivity contribution in [2.24, 2.45) is 5.41 Å². The number of carboxylic acids is 1. The number of amides is 1. The van der Waals surface area contributed by atoms with E-state index in [1.165, 1.54) is 0 Å². The second-order valence-corrected chi connectivity index (χ2v) is 5.55. The molecule has 2 bridgehead atoms. The highest BCUT2D eigenvalue weighted by Crippen LogP contribution is 2.41. The summed E-state index contributed by atoms with van der Waals surface area (Å²) in [6.07, 6.45) is 4.65. The van der Waals surface area contributed by atoms with Gasteiger partial charge in [-0.25, -0.2) is 0 Å². The number of nitrogens with zero attached hydrogens (tertiary/aromatic N) is 1. The van der Waals surface area contributed by atoms with Crippen molar-refractivity contribution in [1.82, 2.24) is 4.90 Å². The quantitative estimate of drug-likeness (QED) is 0.745. The maximum Gasteiger partial charge on any atom is 0.313 e. The van der Waals surface area contributed by atoms with E-state index >= 15 is 0 Å². The van der Waals surface area contributed by atoms with Crippen LogP contribution in [0, 0.1) is 5.41 Å². The first-order valence-electron chi connectivity index (χ1n) is 6.07. The number of carbonyl (C=O) groups excluding carboxylic acids is 1. The van der Waals surface area contributed by atoms with E-state index in [0.717, 1.165) is 18.4 Å². The number of carboxylic acid groups (broad SMARTS) is 1. The molecule has 1 saturated heterocycles. The van der Waals surface area contributed by atoms with Gasteiger partial charge in [-0.05, 0) is 33.1 Å². The van der Waals surface area contributed by atoms with Crippen molar-refractivity contribution in [3.8, 4) is 0 Å². The molecule has 4 heteroatoms. The van der Waals surface area contributed by atoms with Crippen LogP contribution in [-0.4, -0.2) is 34.0 Å². The molecular weight excluding hydrogens is 218 g/mol. The van der Waals surface area contributed by atoms with E-state index in [1.54, 1.807) is 20.8 Å². The summed E-state index contributed by atoms with van der Waals surface area (Å²) in [5, 5.41) is 9.24. The van der Waals surface area contributed by atoms with E-state index in [9.17, 15) is 14.7 Å². The third-order valence-electron chi connectivity index (χ3n) is 4.10. The third-order valence-corrected chi connectivity index (χ3v) is 4.10. The Balaban J connectivity index is 2.29. The number of hydrogen-bond acceptors (Lipinski definition) is 2. The van der Waals surface area contributed by atoms with Crippen LogP contribution < -0.4 is 0 Å². The summed E-state index contributed by atoms with van der Waals surface area (Å²) < 4.78 is 0. The van der Waals surface area contributed by atoms with Gasteiger partial charge in [0.2, 0.25) is 5.91 Å². The number of hydrogen-bond donors (Lipinski definition) is 1. The molecule has 2 rings (SSSR count). The van der Waals surface area contributed by atoms with E-state index in [4.69, 9.17) is 0 Å². The van der Waals surface area contributed by atoms with Gasteiger partial charge in [-0.15, -0.1) is 0 Å². The fourth-order valence-corrected chi connectivity index (χ4v) is 2.92. The Morgan fingerprint density at radius 2 is 2.06 bits per heavy atom. The summed E-state index contributed by atoms with van der Waals surface area (Å²) in [7, 11) is 0. The average molecular weight is 237 g/mol. The van der Waals surface area contributed by atoms with E-state index < -0.39 is 11.4 Å². The van der Waals surface area contributed by atoms with Crippen molar-refractivity contribution in [2.45, 2.75) is 52.1 Å². The van der Waals surface area contributed by atoms with Crippen molar-refractivity contribution in [3.63, 3.8) is 0 Å². The van der Waals surface area contributed by atoms with Gasteiger partial charge in [0.25, 0.3) is 0 Å². The lowest BCUT2D eigenvalue weighted by atomic mass is 9.79. The minimum Gasteiger partial charge on any atom is -0.481 e. The minimum absolute atomic E-state index is 0.0981. The molecule has 2 aliphatic rings. The minimum atomic E-state index is -0.816. The van der Waals surface area contributed by atoms with Crippen LogP contribution >= 0.6 is 0 Å². The van der Waals surface area contributed by atoms with Crippen LogP contribution in [0.15, 0.2) is 11.6 Å². The zero-order valence-electron chi connectivity index (χ0n) is 10.6. The average Bonchev–Trinajstić information content (AvgIpc) is 2.49. The molecule has 2 heterocycles. The molecule has 0 radical (unpaired) electrons. The molecule has 2 aliphatic heterocycles. The lowest BCUT2D eigenvalue weighted by molar-refractivity contribution is -0.145. The SMILES string of the molecule is CC(=O)N1C2C=C(C(C)(C)C(=O)O)CC1CC2. The lowest BCUT2D eigenvalue weighted by Crippen LogP contribution is -2.44. The molecule has 0 aromatic rings. The highest BCUT2D eigenvalue weighted by Gasteiger charge is 2.43. The summed E-state index contributed by atoms with van der Waals surface area (Å²) in [5.41, 5.74) is 0.152. The first kappa shape index (κ1) is 12.1. The molecule has 1 amide bonds. The van der Waals surface area contributed by atoms with Crippen molar-refractivity contribution in [1.29, 1.82) is 0 Å². The third kappa shape index (κ3) is 1.85. The molecule has 4 nitrogen and oxygen atoms in total. The van der Waals surface area contributed by atoms with Gasteiger partial charge in [-0.3, -0.25) is 9.59 Å². The molecule has 1 fully saturated rings. The topological polar surface area (TPSA) is 57.6 Å². The molecule has 0 spiro atoms. The molecule has 1 N–H and O–H groups in total. The Bertz CT molecular complexity index is 397. The zero-order valence-corrected chi connectivity index (χ0v) is 10.6. The van der Waals surface area contributed by atoms with Crippen molar-refractivity contribution in [3.05, 3.63) is 11.6 Å². The Morgan fingerprint density at radius 1 is 1.41 bits per heavy atom. The van der Waals surface area contributed by atoms with Gasteiger partial charge in [0, 0.05) is 13.0 Å². The van der Waals surface area contributed by atoms with Crippen LogP contribution in [-0.2, 0) is 9.59 Å². The summed E-state index contributed by atoms with van der Waals surface area (Å²) in [4.78, 5) is 24.7. The van der Waals surface area contributed by atoms with Crippen LogP contribution in [0.3, 0.4) is 0 Å². The molecular formula is C13H19NO3. The number of fused-ring (bicyclic) bond motifs is 2. The van der Waals surface area contributed by atoms with Crippen molar-refractivity contribution < 1.29 is 14.7 Å². The Kier molecular flexibility index (Phi) is 2.76. The first-order valence-corrected chi connectivity index (χ1v) is 6.07. The molecule has 94 valence electrons. The fraction of sp³-hybridized carbons (Fsp3) is 0.692. The molecule has 0 saturated carbocycles. The smallest absolute Gasteiger partial charge is 0.313 e. The highest BCUT2D eigenvalue weighted by molar-refractivity contribution is 5.79. The van der Waals surface area contributed by atoms with Gasteiger partial charge in [0.15, 0.2) is 0 Å². The van der Waals surface area contributed by atoms with Crippen LogP contribution in [0.4, 0.5) is 0 Å². The second-order valence-electron chi connectivity index (χ2n) is 5.55. The summed E-state index contributed by atoms with van der Waals surface area (Å²) in [5.74, 6) is -0.694. The van der Waals surface area contributed by atoms with Gasteiger partial charge in [0.1, 0.15) is 0 Å². The fourth-order valence-electron chi connectivity index (χ4n) is 2.92. The molecule has 0 aliphatic carbocycles.